The largest absolute Gasteiger partial charge is 0.493 e. The fourth-order valence-corrected chi connectivity index (χ4v) is 2.56. The Hall–Kier alpha value is -2.74. The van der Waals surface area contributed by atoms with Gasteiger partial charge in [0.05, 0.1) is 19.8 Å². The van der Waals surface area contributed by atoms with E-state index < -0.39 is 0 Å². The number of pyridine rings is 1. The van der Waals surface area contributed by atoms with Crippen LogP contribution in [0, 0.1) is 25.2 Å². The number of methoxy groups -OCH3 is 2. The molecule has 0 spiro atoms. The minimum atomic E-state index is 0.610. The van der Waals surface area contributed by atoms with Crippen molar-refractivity contribution in [1.29, 1.82) is 5.26 Å². The van der Waals surface area contributed by atoms with Crippen LogP contribution < -0.4 is 14.4 Å². The number of rotatable bonds is 5. The van der Waals surface area contributed by atoms with Gasteiger partial charge < -0.3 is 14.4 Å². The van der Waals surface area contributed by atoms with Gasteiger partial charge in [0.2, 0.25) is 0 Å². The number of nitrogens with zero attached hydrogens (tertiary/aromatic N) is 3. The molecule has 1 heterocycles. The van der Waals surface area contributed by atoms with Gasteiger partial charge in [0, 0.05) is 19.3 Å². The van der Waals surface area contributed by atoms with E-state index >= 15 is 0 Å². The number of ether oxygens (including phenoxy) is 2. The Morgan fingerprint density at radius 1 is 1.13 bits per heavy atom. The summed E-state index contributed by atoms with van der Waals surface area (Å²) in [6, 6.07) is 9.96. The molecule has 0 amide bonds. The lowest BCUT2D eigenvalue weighted by atomic mass is 10.1. The Bertz CT molecular complexity index is 751. The first-order chi connectivity index (χ1) is 11.0. The summed E-state index contributed by atoms with van der Waals surface area (Å²) in [7, 11) is 5.16. The van der Waals surface area contributed by atoms with E-state index in [4.69, 9.17) is 9.47 Å². The Morgan fingerprint density at radius 3 is 2.43 bits per heavy atom. The topological polar surface area (TPSA) is 58.4 Å². The molecule has 5 heteroatoms. The van der Waals surface area contributed by atoms with Crippen molar-refractivity contribution in [3.05, 3.63) is 46.6 Å². The lowest BCUT2D eigenvalue weighted by Gasteiger charge is -2.21. The molecule has 0 aliphatic rings. The summed E-state index contributed by atoms with van der Waals surface area (Å²) < 4.78 is 10.6. The number of hydrogen-bond acceptors (Lipinski definition) is 5. The molecular formula is C18H21N3O2. The third-order valence-electron chi connectivity index (χ3n) is 3.67. The molecule has 0 aliphatic heterocycles. The van der Waals surface area contributed by atoms with Crippen LogP contribution in [-0.2, 0) is 6.54 Å². The number of anilines is 1. The van der Waals surface area contributed by atoms with Gasteiger partial charge in [0.1, 0.15) is 11.9 Å². The molecule has 0 radical (unpaired) electrons. The summed E-state index contributed by atoms with van der Waals surface area (Å²) in [5.74, 6) is 2.08. The monoisotopic (exact) mass is 311 g/mol. The molecule has 1 aromatic heterocycles. The maximum atomic E-state index is 9.40. The second-order valence-electron chi connectivity index (χ2n) is 5.44. The Kier molecular flexibility index (Phi) is 5.07. The van der Waals surface area contributed by atoms with E-state index in [1.807, 2.05) is 50.1 Å². The molecule has 0 saturated heterocycles. The smallest absolute Gasteiger partial charge is 0.161 e. The first-order valence-electron chi connectivity index (χ1n) is 7.30. The minimum absolute atomic E-state index is 0.610. The summed E-state index contributed by atoms with van der Waals surface area (Å²) in [5.41, 5.74) is 3.50. The second kappa shape index (κ2) is 7.01. The Morgan fingerprint density at radius 2 is 1.83 bits per heavy atom. The van der Waals surface area contributed by atoms with Gasteiger partial charge in [0.15, 0.2) is 11.5 Å². The third-order valence-corrected chi connectivity index (χ3v) is 3.67. The molecule has 5 nitrogen and oxygen atoms in total. The van der Waals surface area contributed by atoms with E-state index in [0.29, 0.717) is 29.4 Å². The maximum Gasteiger partial charge on any atom is 0.161 e. The molecular weight excluding hydrogens is 290 g/mol. The van der Waals surface area contributed by atoms with E-state index in [1.54, 1.807) is 14.2 Å². The molecule has 0 fully saturated rings. The van der Waals surface area contributed by atoms with Crippen LogP contribution >= 0.6 is 0 Å². The molecule has 2 rings (SSSR count). The molecule has 120 valence electrons. The predicted molar refractivity (Wildman–Crippen MR) is 90.1 cm³/mol. The van der Waals surface area contributed by atoms with Crippen molar-refractivity contribution in [2.45, 2.75) is 20.4 Å². The van der Waals surface area contributed by atoms with Crippen LogP contribution in [-0.4, -0.2) is 26.3 Å². The number of aryl methyl sites for hydroxylation is 2. The van der Waals surface area contributed by atoms with E-state index in [1.165, 1.54) is 0 Å². The zero-order valence-corrected chi connectivity index (χ0v) is 14.2. The van der Waals surface area contributed by atoms with E-state index in [-0.39, 0.29) is 0 Å². The van der Waals surface area contributed by atoms with Gasteiger partial charge in [0.25, 0.3) is 0 Å². The quantitative estimate of drug-likeness (QED) is 0.848. The van der Waals surface area contributed by atoms with E-state index in [0.717, 1.165) is 16.8 Å². The van der Waals surface area contributed by atoms with Crippen LogP contribution in [0.1, 0.15) is 22.4 Å². The van der Waals surface area contributed by atoms with Gasteiger partial charge in [-0.2, -0.15) is 5.26 Å². The van der Waals surface area contributed by atoms with Gasteiger partial charge in [-0.1, -0.05) is 6.07 Å². The van der Waals surface area contributed by atoms with Gasteiger partial charge in [-0.15, -0.1) is 0 Å². The van der Waals surface area contributed by atoms with Gasteiger partial charge in [-0.05, 0) is 43.2 Å². The van der Waals surface area contributed by atoms with Gasteiger partial charge >= 0.3 is 0 Å². The lowest BCUT2D eigenvalue weighted by molar-refractivity contribution is 0.354. The Balaban J connectivity index is 2.33. The molecule has 0 N–H and O–H groups in total. The summed E-state index contributed by atoms with van der Waals surface area (Å²) in [6.45, 7) is 4.48. The van der Waals surface area contributed by atoms with Crippen LogP contribution in [0.2, 0.25) is 0 Å². The number of nitriles is 1. The zero-order chi connectivity index (χ0) is 17.0. The number of hydrogen-bond donors (Lipinski definition) is 0. The van der Waals surface area contributed by atoms with Crippen molar-refractivity contribution < 1.29 is 9.47 Å². The summed E-state index contributed by atoms with van der Waals surface area (Å²) in [5, 5.41) is 9.40. The van der Waals surface area contributed by atoms with Gasteiger partial charge in [-0.3, -0.25) is 0 Å². The molecule has 23 heavy (non-hydrogen) atoms. The van der Waals surface area contributed by atoms with Crippen molar-refractivity contribution in [3.8, 4) is 17.6 Å². The van der Waals surface area contributed by atoms with Crippen LogP contribution in [0.25, 0.3) is 0 Å². The van der Waals surface area contributed by atoms with Crippen molar-refractivity contribution in [2.75, 3.05) is 26.2 Å². The second-order valence-corrected chi connectivity index (χ2v) is 5.44. The predicted octanol–water partition coefficient (Wildman–Crippen LogP) is 3.22. The fourth-order valence-electron chi connectivity index (χ4n) is 2.56. The number of benzene rings is 1. The molecule has 0 unspecified atom stereocenters. The number of aromatic nitrogens is 1. The standard InChI is InChI=1S/C18H21N3O2/c1-12-8-13(2)20-18(15(12)10-19)21(3)11-14-6-7-16(22-4)17(9-14)23-5/h6-9H,11H2,1-5H3. The highest BCUT2D eigenvalue weighted by atomic mass is 16.5. The van der Waals surface area contributed by atoms with E-state index in [9.17, 15) is 5.26 Å². The van der Waals surface area contributed by atoms with Crippen LogP contribution in [0.5, 0.6) is 11.5 Å². The van der Waals surface area contributed by atoms with E-state index in [2.05, 4.69) is 11.1 Å². The van der Waals surface area contributed by atoms with Crippen LogP contribution in [0.4, 0.5) is 5.82 Å². The van der Waals surface area contributed by atoms with Crippen molar-refractivity contribution in [3.63, 3.8) is 0 Å². The minimum Gasteiger partial charge on any atom is -0.493 e. The highest BCUT2D eigenvalue weighted by molar-refractivity contribution is 5.58. The summed E-state index contributed by atoms with van der Waals surface area (Å²) >= 11 is 0. The Labute approximate surface area is 137 Å². The fraction of sp³-hybridized carbons (Fsp3) is 0.333. The van der Waals surface area contributed by atoms with Crippen molar-refractivity contribution >= 4 is 5.82 Å². The van der Waals surface area contributed by atoms with Crippen LogP contribution in [0.15, 0.2) is 24.3 Å². The average molecular weight is 311 g/mol. The third kappa shape index (κ3) is 3.54. The first-order valence-corrected chi connectivity index (χ1v) is 7.30. The highest BCUT2D eigenvalue weighted by Crippen LogP contribution is 2.29. The van der Waals surface area contributed by atoms with Crippen molar-refractivity contribution in [1.82, 2.24) is 4.98 Å². The lowest BCUT2D eigenvalue weighted by Crippen LogP contribution is -2.20. The molecule has 2 aromatic rings. The average Bonchev–Trinajstić information content (AvgIpc) is 2.53. The summed E-state index contributed by atoms with van der Waals surface area (Å²) in [4.78, 5) is 6.50. The summed E-state index contributed by atoms with van der Waals surface area (Å²) in [6.07, 6.45) is 0. The molecule has 0 bridgehead atoms. The highest BCUT2D eigenvalue weighted by Gasteiger charge is 2.14. The maximum absolute atomic E-state index is 9.40. The molecule has 0 aliphatic carbocycles. The van der Waals surface area contributed by atoms with Crippen LogP contribution in [0.3, 0.4) is 0 Å². The van der Waals surface area contributed by atoms with Crippen molar-refractivity contribution in [2.24, 2.45) is 0 Å². The zero-order valence-electron chi connectivity index (χ0n) is 14.2. The SMILES string of the molecule is COc1ccc(CN(C)c2nc(C)cc(C)c2C#N)cc1OC. The molecule has 0 atom stereocenters. The molecule has 1 aromatic carbocycles. The molecule has 0 saturated carbocycles. The van der Waals surface area contributed by atoms with Gasteiger partial charge in [-0.25, -0.2) is 4.98 Å². The first kappa shape index (κ1) is 16.6. The normalized spacial score (nSPS) is 10.1.